The molecule has 0 amide bonds. The van der Waals surface area contributed by atoms with E-state index in [-0.39, 0.29) is 0 Å². The van der Waals surface area contributed by atoms with E-state index in [1.54, 1.807) is 0 Å². The van der Waals surface area contributed by atoms with Gasteiger partial charge < -0.3 is 5.73 Å². The lowest BCUT2D eigenvalue weighted by Gasteiger charge is -2.26. The van der Waals surface area contributed by atoms with Gasteiger partial charge in [-0.15, -0.1) is 13.2 Å². The Morgan fingerprint density at radius 2 is 1.73 bits per heavy atom. The molecule has 2 N–H and O–H groups in total. The van der Waals surface area contributed by atoms with Gasteiger partial charge in [0.15, 0.2) is 0 Å². The van der Waals surface area contributed by atoms with Crippen LogP contribution in [0.15, 0.2) is 25.3 Å². The maximum absolute atomic E-state index is 5.79. The third kappa shape index (κ3) is 3.80. The Kier molecular flexibility index (Phi) is 5.66. The summed E-state index contributed by atoms with van der Waals surface area (Å²) >= 11 is 0. The lowest BCUT2D eigenvalue weighted by Crippen LogP contribution is -2.33. The summed E-state index contributed by atoms with van der Waals surface area (Å²) in [5, 5.41) is 0. The van der Waals surface area contributed by atoms with Crippen LogP contribution in [0, 0.1) is 11.8 Å². The van der Waals surface area contributed by atoms with E-state index >= 15 is 0 Å². The van der Waals surface area contributed by atoms with Gasteiger partial charge in [-0.3, -0.25) is 4.90 Å². The zero-order chi connectivity index (χ0) is 11.1. The SMILES string of the molecule is C=CCN(CC=C)CC1CCCC1CN. The minimum atomic E-state index is 0.738. The first-order valence-corrected chi connectivity index (χ1v) is 5.96. The van der Waals surface area contributed by atoms with Gasteiger partial charge in [-0.2, -0.15) is 0 Å². The number of hydrogen-bond acceptors (Lipinski definition) is 2. The third-order valence-corrected chi connectivity index (χ3v) is 3.39. The molecule has 2 atom stereocenters. The zero-order valence-electron chi connectivity index (χ0n) is 9.70. The van der Waals surface area contributed by atoms with Gasteiger partial charge >= 0.3 is 0 Å². The Morgan fingerprint density at radius 1 is 1.13 bits per heavy atom. The van der Waals surface area contributed by atoms with Gasteiger partial charge in [0.05, 0.1) is 0 Å². The normalized spacial score (nSPS) is 25.7. The smallest absolute Gasteiger partial charge is 0.0164 e. The average molecular weight is 208 g/mol. The third-order valence-electron chi connectivity index (χ3n) is 3.39. The van der Waals surface area contributed by atoms with Crippen molar-refractivity contribution < 1.29 is 0 Å². The molecule has 1 saturated carbocycles. The first kappa shape index (κ1) is 12.5. The maximum Gasteiger partial charge on any atom is 0.0164 e. The summed E-state index contributed by atoms with van der Waals surface area (Å²) in [6, 6.07) is 0. The second-order valence-corrected chi connectivity index (χ2v) is 4.48. The van der Waals surface area contributed by atoms with Crippen molar-refractivity contribution in [3.63, 3.8) is 0 Å². The molecule has 0 radical (unpaired) electrons. The fraction of sp³-hybridized carbons (Fsp3) is 0.692. The van der Waals surface area contributed by atoms with Crippen LogP contribution in [0.5, 0.6) is 0 Å². The number of nitrogens with two attached hydrogens (primary N) is 1. The lowest BCUT2D eigenvalue weighted by atomic mass is 9.95. The van der Waals surface area contributed by atoms with Gasteiger partial charge in [-0.1, -0.05) is 18.6 Å². The first-order valence-electron chi connectivity index (χ1n) is 5.96. The molecule has 2 nitrogen and oxygen atoms in total. The highest BCUT2D eigenvalue weighted by Crippen LogP contribution is 2.31. The summed E-state index contributed by atoms with van der Waals surface area (Å²) in [6.45, 7) is 11.5. The molecular weight excluding hydrogens is 184 g/mol. The van der Waals surface area contributed by atoms with Crippen LogP contribution < -0.4 is 5.73 Å². The van der Waals surface area contributed by atoms with Crippen LogP contribution in [0.25, 0.3) is 0 Å². The van der Waals surface area contributed by atoms with Crippen LogP contribution in [-0.4, -0.2) is 31.1 Å². The topological polar surface area (TPSA) is 29.3 Å². The van der Waals surface area contributed by atoms with Crippen molar-refractivity contribution in [3.8, 4) is 0 Å². The number of nitrogens with zero attached hydrogens (tertiary/aromatic N) is 1. The number of hydrogen-bond donors (Lipinski definition) is 1. The summed E-state index contributed by atoms with van der Waals surface area (Å²) < 4.78 is 0. The van der Waals surface area contributed by atoms with Gasteiger partial charge in [-0.25, -0.2) is 0 Å². The summed E-state index contributed by atoms with van der Waals surface area (Å²) in [6.07, 6.45) is 7.94. The summed E-state index contributed by atoms with van der Waals surface area (Å²) in [5.41, 5.74) is 5.79. The molecule has 15 heavy (non-hydrogen) atoms. The molecule has 1 fully saturated rings. The van der Waals surface area contributed by atoms with E-state index in [0.717, 1.165) is 38.0 Å². The monoisotopic (exact) mass is 208 g/mol. The van der Waals surface area contributed by atoms with Crippen molar-refractivity contribution in [2.24, 2.45) is 17.6 Å². The molecular formula is C13H24N2. The Balaban J connectivity index is 2.41. The highest BCUT2D eigenvalue weighted by atomic mass is 15.1. The predicted octanol–water partition coefficient (Wildman–Crippen LogP) is 2.04. The lowest BCUT2D eigenvalue weighted by molar-refractivity contribution is 0.241. The molecule has 0 aromatic heterocycles. The molecule has 0 bridgehead atoms. The average Bonchev–Trinajstić information content (AvgIpc) is 2.66. The van der Waals surface area contributed by atoms with Gasteiger partial charge in [0, 0.05) is 19.6 Å². The molecule has 0 aromatic carbocycles. The minimum Gasteiger partial charge on any atom is -0.330 e. The summed E-state index contributed by atoms with van der Waals surface area (Å²) in [5.74, 6) is 1.53. The van der Waals surface area contributed by atoms with Crippen molar-refractivity contribution in [3.05, 3.63) is 25.3 Å². The molecule has 86 valence electrons. The van der Waals surface area contributed by atoms with Gasteiger partial charge in [-0.05, 0) is 31.2 Å². The van der Waals surface area contributed by atoms with Crippen LogP contribution in [0.4, 0.5) is 0 Å². The van der Waals surface area contributed by atoms with Crippen molar-refractivity contribution in [1.29, 1.82) is 0 Å². The van der Waals surface area contributed by atoms with E-state index in [2.05, 4.69) is 18.1 Å². The quantitative estimate of drug-likeness (QED) is 0.649. The highest BCUT2D eigenvalue weighted by molar-refractivity contribution is 4.85. The molecule has 1 aliphatic rings. The molecule has 0 saturated heterocycles. The Hall–Kier alpha value is -0.600. The zero-order valence-corrected chi connectivity index (χ0v) is 9.70. The van der Waals surface area contributed by atoms with Crippen molar-refractivity contribution >= 4 is 0 Å². The molecule has 0 spiro atoms. The van der Waals surface area contributed by atoms with Crippen molar-refractivity contribution in [2.45, 2.75) is 19.3 Å². The molecule has 0 heterocycles. The molecule has 0 aromatic rings. The Labute approximate surface area is 93.8 Å². The number of rotatable bonds is 7. The molecule has 1 aliphatic carbocycles. The van der Waals surface area contributed by atoms with Gasteiger partial charge in [0.2, 0.25) is 0 Å². The van der Waals surface area contributed by atoms with Crippen molar-refractivity contribution in [1.82, 2.24) is 4.90 Å². The molecule has 2 heteroatoms. The molecule has 2 unspecified atom stereocenters. The van der Waals surface area contributed by atoms with E-state index in [1.807, 2.05) is 12.2 Å². The molecule has 0 aliphatic heterocycles. The first-order chi connectivity index (χ1) is 7.31. The van der Waals surface area contributed by atoms with Crippen LogP contribution in [0.1, 0.15) is 19.3 Å². The molecule has 1 rings (SSSR count). The highest BCUT2D eigenvalue weighted by Gasteiger charge is 2.27. The van der Waals surface area contributed by atoms with Gasteiger partial charge in [0.1, 0.15) is 0 Å². The summed E-state index contributed by atoms with van der Waals surface area (Å²) in [4.78, 5) is 2.40. The second-order valence-electron chi connectivity index (χ2n) is 4.48. The Bertz CT molecular complexity index is 191. The van der Waals surface area contributed by atoms with Crippen LogP contribution >= 0.6 is 0 Å². The van der Waals surface area contributed by atoms with E-state index in [0.29, 0.717) is 0 Å². The fourth-order valence-electron chi connectivity index (χ4n) is 2.58. The van der Waals surface area contributed by atoms with Crippen LogP contribution in [0.3, 0.4) is 0 Å². The minimum absolute atomic E-state index is 0.738. The van der Waals surface area contributed by atoms with E-state index in [9.17, 15) is 0 Å². The Morgan fingerprint density at radius 3 is 2.27 bits per heavy atom. The fourth-order valence-corrected chi connectivity index (χ4v) is 2.58. The standard InChI is InChI=1S/C13H24N2/c1-3-8-15(9-4-2)11-13-7-5-6-12(13)10-14/h3-4,12-13H,1-2,5-11,14H2. The predicted molar refractivity (Wildman–Crippen MR) is 66.7 cm³/mol. The maximum atomic E-state index is 5.79. The van der Waals surface area contributed by atoms with Gasteiger partial charge in [0.25, 0.3) is 0 Å². The van der Waals surface area contributed by atoms with E-state index < -0.39 is 0 Å². The van der Waals surface area contributed by atoms with Crippen molar-refractivity contribution in [2.75, 3.05) is 26.2 Å². The van der Waals surface area contributed by atoms with Crippen LogP contribution in [0.2, 0.25) is 0 Å². The van der Waals surface area contributed by atoms with E-state index in [1.165, 1.54) is 19.3 Å². The van der Waals surface area contributed by atoms with Crippen LogP contribution in [-0.2, 0) is 0 Å². The second kappa shape index (κ2) is 6.81. The largest absolute Gasteiger partial charge is 0.330 e. The van der Waals surface area contributed by atoms with E-state index in [4.69, 9.17) is 5.73 Å². The summed E-state index contributed by atoms with van der Waals surface area (Å²) in [7, 11) is 0.